The molecular weight excluding hydrogens is 505 g/mol. The van der Waals surface area contributed by atoms with Crippen molar-refractivity contribution in [3.8, 4) is 11.5 Å². The molecule has 1 aromatic carbocycles. The molecule has 1 aliphatic heterocycles. The maximum atomic E-state index is 11.3. The van der Waals surface area contributed by atoms with E-state index in [-0.39, 0.29) is 35.8 Å². The van der Waals surface area contributed by atoms with Crippen LogP contribution in [0.2, 0.25) is 5.02 Å². The number of nitrogens with one attached hydrogen (secondary N) is 2. The maximum Gasteiger partial charge on any atom is 0.191 e. The molecule has 10 heteroatoms. The lowest BCUT2D eigenvalue weighted by Gasteiger charge is -2.20. The zero-order chi connectivity index (χ0) is 19.2. The molecule has 27 heavy (non-hydrogen) atoms. The molecule has 2 N–H and O–H groups in total. The zero-order valence-electron chi connectivity index (χ0n) is 15.7. The Balaban J connectivity index is 0.00000364. The van der Waals surface area contributed by atoms with Crippen molar-refractivity contribution < 1.29 is 17.9 Å². The fourth-order valence-corrected chi connectivity index (χ4v) is 3.51. The Morgan fingerprint density at radius 2 is 2.04 bits per heavy atom. The van der Waals surface area contributed by atoms with Gasteiger partial charge in [0.1, 0.15) is 23.1 Å². The first-order valence-corrected chi connectivity index (χ1v) is 11.0. The monoisotopic (exact) mass is 531 g/mol. The van der Waals surface area contributed by atoms with Gasteiger partial charge in [-0.1, -0.05) is 11.6 Å². The Bertz CT molecular complexity index is 759. The summed E-state index contributed by atoms with van der Waals surface area (Å²) in [5.74, 6) is 1.97. The van der Waals surface area contributed by atoms with E-state index in [4.69, 9.17) is 21.1 Å². The molecule has 0 aliphatic carbocycles. The second kappa shape index (κ2) is 11.2. The third kappa shape index (κ3) is 8.30. The SMILES string of the molecule is CCNC(=NCc1cc(Cl)c2c(c1)OCCO2)NC(C)CCS(C)(=O)=O.I. The van der Waals surface area contributed by atoms with Crippen LogP contribution in [0.5, 0.6) is 11.5 Å². The highest BCUT2D eigenvalue weighted by Crippen LogP contribution is 2.38. The third-order valence-corrected chi connectivity index (χ3v) is 4.98. The van der Waals surface area contributed by atoms with Gasteiger partial charge in [-0.05, 0) is 38.0 Å². The van der Waals surface area contributed by atoms with Gasteiger partial charge >= 0.3 is 0 Å². The summed E-state index contributed by atoms with van der Waals surface area (Å²) in [5.41, 5.74) is 0.903. The van der Waals surface area contributed by atoms with Gasteiger partial charge in [-0.15, -0.1) is 24.0 Å². The topological polar surface area (TPSA) is 89.0 Å². The normalized spacial score (nSPS) is 14.9. The minimum absolute atomic E-state index is 0. The van der Waals surface area contributed by atoms with Gasteiger partial charge in [-0.3, -0.25) is 0 Å². The van der Waals surface area contributed by atoms with Crippen LogP contribution >= 0.6 is 35.6 Å². The number of guanidine groups is 1. The summed E-state index contributed by atoms with van der Waals surface area (Å²) >= 11 is 6.25. The average molecular weight is 532 g/mol. The van der Waals surface area contributed by atoms with Crippen LogP contribution in [0.3, 0.4) is 0 Å². The highest BCUT2D eigenvalue weighted by atomic mass is 127. The van der Waals surface area contributed by atoms with Crippen molar-refractivity contribution in [2.75, 3.05) is 31.8 Å². The van der Waals surface area contributed by atoms with Crippen LogP contribution in [-0.4, -0.2) is 52.2 Å². The van der Waals surface area contributed by atoms with E-state index >= 15 is 0 Å². The Kier molecular flexibility index (Phi) is 9.96. The second-order valence-electron chi connectivity index (χ2n) is 6.26. The quantitative estimate of drug-likeness (QED) is 0.319. The van der Waals surface area contributed by atoms with Crippen molar-refractivity contribution >= 4 is 51.4 Å². The van der Waals surface area contributed by atoms with Crippen LogP contribution in [-0.2, 0) is 16.4 Å². The smallest absolute Gasteiger partial charge is 0.191 e. The first-order valence-electron chi connectivity index (χ1n) is 8.59. The molecular formula is C17H27ClIN3O4S. The Morgan fingerprint density at radius 1 is 1.33 bits per heavy atom. The average Bonchev–Trinajstić information content (AvgIpc) is 2.57. The summed E-state index contributed by atoms with van der Waals surface area (Å²) in [7, 11) is -2.98. The second-order valence-corrected chi connectivity index (χ2v) is 8.93. The molecule has 0 spiro atoms. The van der Waals surface area contributed by atoms with Gasteiger partial charge < -0.3 is 20.1 Å². The molecule has 1 atom stereocenters. The number of rotatable bonds is 7. The minimum atomic E-state index is -2.98. The zero-order valence-corrected chi connectivity index (χ0v) is 19.7. The van der Waals surface area contributed by atoms with Crippen molar-refractivity contribution in [3.63, 3.8) is 0 Å². The van der Waals surface area contributed by atoms with E-state index < -0.39 is 9.84 Å². The van der Waals surface area contributed by atoms with E-state index in [1.54, 1.807) is 0 Å². The predicted octanol–water partition coefficient (Wildman–Crippen LogP) is 2.61. The van der Waals surface area contributed by atoms with E-state index in [0.29, 0.717) is 55.2 Å². The Morgan fingerprint density at radius 3 is 2.70 bits per heavy atom. The fourth-order valence-electron chi connectivity index (χ4n) is 2.44. The number of hydrogen-bond donors (Lipinski definition) is 2. The van der Waals surface area contributed by atoms with Gasteiger partial charge in [0.2, 0.25) is 0 Å². The molecule has 0 saturated carbocycles. The van der Waals surface area contributed by atoms with E-state index in [1.165, 1.54) is 6.26 Å². The highest BCUT2D eigenvalue weighted by molar-refractivity contribution is 14.0. The third-order valence-electron chi connectivity index (χ3n) is 3.73. The number of sulfone groups is 1. The van der Waals surface area contributed by atoms with Crippen molar-refractivity contribution in [1.82, 2.24) is 10.6 Å². The van der Waals surface area contributed by atoms with Gasteiger partial charge in [-0.2, -0.15) is 0 Å². The van der Waals surface area contributed by atoms with Gasteiger partial charge in [0, 0.05) is 18.8 Å². The van der Waals surface area contributed by atoms with E-state index in [2.05, 4.69) is 15.6 Å². The molecule has 0 saturated heterocycles. The molecule has 0 bridgehead atoms. The van der Waals surface area contributed by atoms with Gasteiger partial charge in [-0.25, -0.2) is 13.4 Å². The van der Waals surface area contributed by atoms with Gasteiger partial charge in [0.25, 0.3) is 0 Å². The van der Waals surface area contributed by atoms with Crippen LogP contribution in [0.15, 0.2) is 17.1 Å². The summed E-state index contributed by atoms with van der Waals surface area (Å²) in [4.78, 5) is 4.55. The van der Waals surface area contributed by atoms with Gasteiger partial charge in [0.15, 0.2) is 17.5 Å². The molecule has 0 amide bonds. The van der Waals surface area contributed by atoms with E-state index in [9.17, 15) is 8.42 Å². The molecule has 1 aliphatic rings. The van der Waals surface area contributed by atoms with Crippen LogP contribution in [0.25, 0.3) is 0 Å². The molecule has 7 nitrogen and oxygen atoms in total. The number of ether oxygens (including phenoxy) is 2. The number of nitrogens with zero attached hydrogens (tertiary/aromatic N) is 1. The first-order chi connectivity index (χ1) is 12.3. The Hall–Kier alpha value is -0.940. The van der Waals surface area contributed by atoms with Crippen LogP contribution < -0.4 is 20.1 Å². The maximum absolute atomic E-state index is 11.3. The predicted molar refractivity (Wildman–Crippen MR) is 120 cm³/mol. The van der Waals surface area contributed by atoms with Crippen LogP contribution in [0, 0.1) is 0 Å². The van der Waals surface area contributed by atoms with Crippen LogP contribution in [0.4, 0.5) is 0 Å². The molecule has 154 valence electrons. The molecule has 0 aromatic heterocycles. The molecule has 1 aromatic rings. The Labute approximate surface area is 183 Å². The summed E-state index contributed by atoms with van der Waals surface area (Å²) in [5, 5.41) is 6.89. The minimum Gasteiger partial charge on any atom is -0.486 e. The van der Waals surface area contributed by atoms with Crippen molar-refractivity contribution in [2.45, 2.75) is 32.9 Å². The summed E-state index contributed by atoms with van der Waals surface area (Å²) < 4.78 is 33.7. The largest absolute Gasteiger partial charge is 0.486 e. The standard InChI is InChI=1S/C17H26ClN3O4S.HI/c1-4-19-17(21-12(2)5-8-26(3,22)23)20-11-13-9-14(18)16-15(10-13)24-6-7-25-16;/h9-10,12H,4-8,11H2,1-3H3,(H2,19,20,21);1H. The number of benzene rings is 1. The summed E-state index contributed by atoms with van der Waals surface area (Å²) in [6, 6.07) is 3.67. The van der Waals surface area contributed by atoms with Crippen molar-refractivity contribution in [1.29, 1.82) is 0 Å². The molecule has 2 rings (SSSR count). The first kappa shape index (κ1) is 24.1. The lowest BCUT2D eigenvalue weighted by molar-refractivity contribution is 0.171. The summed E-state index contributed by atoms with van der Waals surface area (Å²) in [6.45, 7) is 6.00. The van der Waals surface area contributed by atoms with E-state index in [0.717, 1.165) is 5.56 Å². The van der Waals surface area contributed by atoms with Gasteiger partial charge in [0.05, 0.1) is 17.3 Å². The van der Waals surface area contributed by atoms with Crippen molar-refractivity contribution in [3.05, 3.63) is 22.7 Å². The highest BCUT2D eigenvalue weighted by Gasteiger charge is 2.16. The van der Waals surface area contributed by atoms with Crippen LogP contribution in [0.1, 0.15) is 25.8 Å². The van der Waals surface area contributed by atoms with Crippen molar-refractivity contribution in [2.24, 2.45) is 4.99 Å². The molecule has 1 unspecified atom stereocenters. The molecule has 0 radical (unpaired) electrons. The lowest BCUT2D eigenvalue weighted by Crippen LogP contribution is -2.42. The fraction of sp³-hybridized carbons (Fsp3) is 0.588. The number of fused-ring (bicyclic) bond motifs is 1. The lowest BCUT2D eigenvalue weighted by atomic mass is 10.2. The number of hydrogen-bond acceptors (Lipinski definition) is 5. The number of aliphatic imine (C=N–C) groups is 1. The summed E-state index contributed by atoms with van der Waals surface area (Å²) in [6.07, 6.45) is 1.75. The van der Waals surface area contributed by atoms with E-state index in [1.807, 2.05) is 26.0 Å². The number of halogens is 2. The molecule has 0 fully saturated rings. The molecule has 1 heterocycles.